The Balaban J connectivity index is 1.92. The van der Waals surface area contributed by atoms with Crippen molar-refractivity contribution in [3.63, 3.8) is 0 Å². The molecule has 1 fully saturated rings. The lowest BCUT2D eigenvalue weighted by molar-refractivity contribution is 0.165. The molecule has 1 aliphatic rings. The summed E-state index contributed by atoms with van der Waals surface area (Å²) < 4.78 is 10.4. The zero-order valence-corrected chi connectivity index (χ0v) is 10.6. The molecule has 5 nitrogen and oxygen atoms in total. The largest absolute Gasteiger partial charge is 0.383 e. The van der Waals surface area contributed by atoms with Gasteiger partial charge >= 0.3 is 0 Å². The van der Waals surface area contributed by atoms with E-state index < -0.39 is 0 Å². The third kappa shape index (κ3) is 3.26. The first kappa shape index (κ1) is 12.5. The minimum Gasteiger partial charge on any atom is -0.383 e. The van der Waals surface area contributed by atoms with Crippen LogP contribution in [0.4, 0.5) is 0 Å². The van der Waals surface area contributed by atoms with Gasteiger partial charge in [-0.2, -0.15) is 4.98 Å². The summed E-state index contributed by atoms with van der Waals surface area (Å²) >= 11 is 0. The van der Waals surface area contributed by atoms with Crippen LogP contribution in [0.3, 0.4) is 0 Å². The highest BCUT2D eigenvalue weighted by Gasteiger charge is 2.22. The fraction of sp³-hybridized carbons (Fsp3) is 0.833. The summed E-state index contributed by atoms with van der Waals surface area (Å²) in [6.45, 7) is 0.650. The van der Waals surface area contributed by atoms with Crippen molar-refractivity contribution in [2.45, 2.75) is 44.1 Å². The quantitative estimate of drug-likeness (QED) is 0.815. The average molecular weight is 239 g/mol. The predicted octanol–water partition coefficient (Wildman–Crippen LogP) is 1.50. The lowest BCUT2D eigenvalue weighted by atomic mass is 10.1. The van der Waals surface area contributed by atoms with Crippen LogP contribution in [0.1, 0.15) is 43.3 Å². The third-order valence-corrected chi connectivity index (χ3v) is 3.40. The van der Waals surface area contributed by atoms with E-state index in [1.165, 1.54) is 25.7 Å². The van der Waals surface area contributed by atoms with Crippen molar-refractivity contribution in [3.05, 3.63) is 11.7 Å². The van der Waals surface area contributed by atoms with E-state index in [0.717, 1.165) is 12.2 Å². The first-order chi connectivity index (χ1) is 8.33. The molecular formula is C12H21N3O2. The molecule has 1 aliphatic carbocycles. The average Bonchev–Trinajstić information content (AvgIpc) is 2.98. The summed E-state index contributed by atoms with van der Waals surface area (Å²) in [4.78, 5) is 4.49. The van der Waals surface area contributed by atoms with Gasteiger partial charge in [-0.1, -0.05) is 18.0 Å². The maximum atomic E-state index is 5.30. The summed E-state index contributed by atoms with van der Waals surface area (Å²) in [5.74, 6) is 2.12. The number of rotatable bonds is 6. The number of hydrogen-bond acceptors (Lipinski definition) is 5. The molecule has 0 spiro atoms. The Morgan fingerprint density at radius 3 is 2.88 bits per heavy atom. The summed E-state index contributed by atoms with van der Waals surface area (Å²) in [5.41, 5.74) is 0. The highest BCUT2D eigenvalue weighted by molar-refractivity contribution is 4.98. The van der Waals surface area contributed by atoms with Gasteiger partial charge in [0, 0.05) is 25.5 Å². The number of methoxy groups -OCH3 is 1. The molecule has 96 valence electrons. The summed E-state index contributed by atoms with van der Waals surface area (Å²) in [6.07, 6.45) is 5.71. The standard InChI is InChI=1S/C12H21N3O2/c1-13-10(8-16-2)7-11-14-12(15-17-11)9-5-3-4-6-9/h9-10,13H,3-8H2,1-2H3. The molecule has 0 bridgehead atoms. The molecule has 17 heavy (non-hydrogen) atoms. The molecule has 2 rings (SSSR count). The smallest absolute Gasteiger partial charge is 0.228 e. The summed E-state index contributed by atoms with van der Waals surface area (Å²) in [5, 5.41) is 7.27. The molecule has 0 aromatic carbocycles. The van der Waals surface area contributed by atoms with Gasteiger partial charge < -0.3 is 14.6 Å². The SMILES string of the molecule is CNC(COC)Cc1nc(C2CCCC2)no1. The third-order valence-electron chi connectivity index (χ3n) is 3.40. The van der Waals surface area contributed by atoms with Gasteiger partial charge in [-0.15, -0.1) is 0 Å². The first-order valence-electron chi connectivity index (χ1n) is 6.32. The van der Waals surface area contributed by atoms with Gasteiger partial charge in [0.1, 0.15) is 0 Å². The summed E-state index contributed by atoms with van der Waals surface area (Å²) in [7, 11) is 3.61. The second-order valence-electron chi connectivity index (χ2n) is 4.67. The van der Waals surface area contributed by atoms with Crippen molar-refractivity contribution in [1.29, 1.82) is 0 Å². The molecule has 0 amide bonds. The van der Waals surface area contributed by atoms with Gasteiger partial charge in [-0.3, -0.25) is 0 Å². The Morgan fingerprint density at radius 1 is 1.47 bits per heavy atom. The Morgan fingerprint density at radius 2 is 2.24 bits per heavy atom. The van der Waals surface area contributed by atoms with Crippen LogP contribution in [0.25, 0.3) is 0 Å². The minimum atomic E-state index is 0.233. The Labute approximate surface area is 102 Å². The van der Waals surface area contributed by atoms with Crippen molar-refractivity contribution in [3.8, 4) is 0 Å². The number of aromatic nitrogens is 2. The molecular weight excluding hydrogens is 218 g/mol. The zero-order valence-electron chi connectivity index (χ0n) is 10.6. The highest BCUT2D eigenvalue weighted by Crippen LogP contribution is 2.32. The van der Waals surface area contributed by atoms with Crippen LogP contribution in [0, 0.1) is 0 Å². The lowest BCUT2D eigenvalue weighted by Crippen LogP contribution is -2.32. The molecule has 0 radical (unpaired) electrons. The van der Waals surface area contributed by atoms with Gasteiger partial charge in [-0.25, -0.2) is 0 Å². The van der Waals surface area contributed by atoms with Crippen molar-refractivity contribution < 1.29 is 9.26 Å². The van der Waals surface area contributed by atoms with E-state index in [0.29, 0.717) is 18.4 Å². The molecule has 1 N–H and O–H groups in total. The van der Waals surface area contributed by atoms with Gasteiger partial charge in [0.25, 0.3) is 0 Å². The van der Waals surface area contributed by atoms with E-state index in [1.807, 2.05) is 7.05 Å². The van der Waals surface area contributed by atoms with E-state index in [9.17, 15) is 0 Å². The maximum Gasteiger partial charge on any atom is 0.228 e. The van der Waals surface area contributed by atoms with Crippen LogP contribution in [-0.2, 0) is 11.2 Å². The van der Waals surface area contributed by atoms with Crippen molar-refractivity contribution in [2.24, 2.45) is 0 Å². The number of likely N-dealkylation sites (N-methyl/N-ethyl adjacent to an activating group) is 1. The van der Waals surface area contributed by atoms with Crippen LogP contribution < -0.4 is 5.32 Å². The minimum absolute atomic E-state index is 0.233. The number of nitrogens with one attached hydrogen (secondary N) is 1. The molecule has 1 aromatic rings. The fourth-order valence-electron chi connectivity index (χ4n) is 2.36. The van der Waals surface area contributed by atoms with E-state index in [-0.39, 0.29) is 6.04 Å². The molecule has 1 heterocycles. The van der Waals surface area contributed by atoms with Crippen LogP contribution in [0.2, 0.25) is 0 Å². The van der Waals surface area contributed by atoms with Crippen molar-refractivity contribution >= 4 is 0 Å². The van der Waals surface area contributed by atoms with Gasteiger partial charge in [-0.05, 0) is 19.9 Å². The van der Waals surface area contributed by atoms with Crippen molar-refractivity contribution in [1.82, 2.24) is 15.5 Å². The van der Waals surface area contributed by atoms with Gasteiger partial charge in [0.2, 0.25) is 5.89 Å². The molecule has 1 atom stereocenters. The van der Waals surface area contributed by atoms with E-state index in [1.54, 1.807) is 7.11 Å². The first-order valence-corrected chi connectivity index (χ1v) is 6.32. The zero-order chi connectivity index (χ0) is 12.1. The van der Waals surface area contributed by atoms with Crippen molar-refractivity contribution in [2.75, 3.05) is 20.8 Å². The number of ether oxygens (including phenoxy) is 1. The molecule has 1 aromatic heterocycles. The van der Waals surface area contributed by atoms with Crippen LogP contribution in [0.5, 0.6) is 0 Å². The molecule has 5 heteroatoms. The second kappa shape index (κ2) is 6.12. The number of hydrogen-bond donors (Lipinski definition) is 1. The Kier molecular flexibility index (Phi) is 4.50. The molecule has 1 saturated carbocycles. The normalized spacial score (nSPS) is 18.7. The van der Waals surface area contributed by atoms with Crippen LogP contribution >= 0.6 is 0 Å². The van der Waals surface area contributed by atoms with Gasteiger partial charge in [0.15, 0.2) is 5.82 Å². The maximum absolute atomic E-state index is 5.30. The van der Waals surface area contributed by atoms with Gasteiger partial charge in [0.05, 0.1) is 6.61 Å². The second-order valence-corrected chi connectivity index (χ2v) is 4.67. The van der Waals surface area contributed by atoms with Crippen LogP contribution in [-0.4, -0.2) is 36.9 Å². The Hall–Kier alpha value is -0.940. The monoisotopic (exact) mass is 239 g/mol. The van der Waals surface area contributed by atoms with Crippen LogP contribution in [0.15, 0.2) is 4.52 Å². The van der Waals surface area contributed by atoms with E-state index in [4.69, 9.17) is 9.26 Å². The predicted molar refractivity (Wildman–Crippen MR) is 63.9 cm³/mol. The topological polar surface area (TPSA) is 60.2 Å². The summed E-state index contributed by atoms with van der Waals surface area (Å²) in [6, 6.07) is 0.233. The molecule has 1 unspecified atom stereocenters. The fourth-order valence-corrected chi connectivity index (χ4v) is 2.36. The molecule has 0 aliphatic heterocycles. The van der Waals surface area contributed by atoms with E-state index >= 15 is 0 Å². The Bertz CT molecular complexity index is 334. The highest BCUT2D eigenvalue weighted by atomic mass is 16.5. The van der Waals surface area contributed by atoms with E-state index in [2.05, 4.69) is 15.5 Å². The lowest BCUT2D eigenvalue weighted by Gasteiger charge is -2.11. The molecule has 0 saturated heterocycles. The number of nitrogens with zero attached hydrogens (tertiary/aromatic N) is 2.